The number of carbonyl (C=O) groups excluding carboxylic acids is 1. The second-order valence-corrected chi connectivity index (χ2v) is 5.38. The quantitative estimate of drug-likeness (QED) is 0.913. The van der Waals surface area contributed by atoms with Crippen LogP contribution in [0.1, 0.15) is 22.3 Å². The van der Waals surface area contributed by atoms with Gasteiger partial charge >= 0.3 is 0 Å². The lowest BCUT2D eigenvalue weighted by Crippen LogP contribution is -2.12. The molecule has 1 heterocycles. The average molecular weight is 329 g/mol. The summed E-state index contributed by atoms with van der Waals surface area (Å²) in [4.78, 5) is 12.3. The Morgan fingerprint density at radius 2 is 1.78 bits per heavy atom. The van der Waals surface area contributed by atoms with E-state index in [9.17, 15) is 4.79 Å². The van der Waals surface area contributed by atoms with Gasteiger partial charge in [-0.15, -0.1) is 0 Å². The topological polar surface area (TPSA) is 71.4 Å². The van der Waals surface area contributed by atoms with Crippen molar-refractivity contribution in [3.05, 3.63) is 52.5 Å². The Kier molecular flexibility index (Phi) is 4.35. The molecule has 1 amide bonds. The lowest BCUT2D eigenvalue weighted by molar-refractivity contribution is 0.102. The van der Waals surface area contributed by atoms with Gasteiger partial charge in [-0.2, -0.15) is 5.26 Å². The number of nitriles is 1. The fourth-order valence-corrected chi connectivity index (χ4v) is 2.37. The second kappa shape index (κ2) is 6.59. The molecule has 6 heteroatoms. The van der Waals surface area contributed by atoms with Gasteiger partial charge in [0.05, 0.1) is 35.6 Å². The van der Waals surface area contributed by atoms with E-state index in [1.807, 2.05) is 6.07 Å². The summed E-state index contributed by atoms with van der Waals surface area (Å²) < 4.78 is 11.1. The molecule has 2 aromatic rings. The van der Waals surface area contributed by atoms with Crippen molar-refractivity contribution < 1.29 is 14.3 Å². The molecule has 116 valence electrons. The van der Waals surface area contributed by atoms with Crippen LogP contribution in [0.15, 0.2) is 36.4 Å². The highest BCUT2D eigenvalue weighted by molar-refractivity contribution is 6.34. The first kappa shape index (κ1) is 15.2. The van der Waals surface area contributed by atoms with Gasteiger partial charge in [-0.05, 0) is 24.3 Å². The van der Waals surface area contributed by atoms with Crippen LogP contribution in [0.2, 0.25) is 5.02 Å². The number of amides is 1. The highest BCUT2D eigenvalue weighted by atomic mass is 35.5. The lowest BCUT2D eigenvalue weighted by Gasteiger charge is -2.12. The van der Waals surface area contributed by atoms with Gasteiger partial charge in [0.2, 0.25) is 0 Å². The van der Waals surface area contributed by atoms with Crippen molar-refractivity contribution >= 4 is 23.2 Å². The van der Waals surface area contributed by atoms with Gasteiger partial charge in [-0.3, -0.25) is 4.79 Å². The number of benzene rings is 2. The molecule has 5 nitrogen and oxygen atoms in total. The SMILES string of the molecule is N#Cc1ccc(C(=O)Nc2cc3c(cc2Cl)OCCCO3)cc1. The molecule has 0 fully saturated rings. The fourth-order valence-electron chi connectivity index (χ4n) is 2.17. The number of fused-ring (bicyclic) bond motifs is 1. The monoisotopic (exact) mass is 328 g/mol. The van der Waals surface area contributed by atoms with E-state index in [4.69, 9.17) is 26.3 Å². The molecule has 0 radical (unpaired) electrons. The molecule has 0 saturated heterocycles. The Morgan fingerprint density at radius 1 is 1.13 bits per heavy atom. The molecular formula is C17H13ClN2O3. The zero-order valence-corrected chi connectivity index (χ0v) is 12.9. The van der Waals surface area contributed by atoms with Crippen LogP contribution in [0.25, 0.3) is 0 Å². The van der Waals surface area contributed by atoms with Crippen LogP contribution in [-0.2, 0) is 0 Å². The lowest BCUT2D eigenvalue weighted by atomic mass is 10.1. The van der Waals surface area contributed by atoms with Crippen molar-refractivity contribution in [1.29, 1.82) is 5.26 Å². The third-order valence-corrected chi connectivity index (χ3v) is 3.67. The Hall–Kier alpha value is -2.71. The standard InChI is InChI=1S/C17H13ClN2O3/c18-13-8-15-16(23-7-1-6-22-15)9-14(13)20-17(21)12-4-2-11(10-19)3-5-12/h2-5,8-9H,1,6-7H2,(H,20,21). The summed E-state index contributed by atoms with van der Waals surface area (Å²) in [7, 11) is 0. The van der Waals surface area contributed by atoms with E-state index in [1.165, 1.54) is 0 Å². The van der Waals surface area contributed by atoms with Crippen molar-refractivity contribution in [2.24, 2.45) is 0 Å². The number of anilines is 1. The Morgan fingerprint density at radius 3 is 2.43 bits per heavy atom. The third-order valence-electron chi connectivity index (χ3n) is 3.36. The number of nitrogens with one attached hydrogen (secondary N) is 1. The minimum absolute atomic E-state index is 0.314. The van der Waals surface area contributed by atoms with Gasteiger partial charge in [0.25, 0.3) is 5.91 Å². The van der Waals surface area contributed by atoms with Crippen LogP contribution < -0.4 is 14.8 Å². The molecule has 0 spiro atoms. The molecule has 0 unspecified atom stereocenters. The molecule has 2 aromatic carbocycles. The van der Waals surface area contributed by atoms with E-state index in [-0.39, 0.29) is 5.91 Å². The largest absolute Gasteiger partial charge is 0.490 e. The van der Waals surface area contributed by atoms with Gasteiger partial charge in [-0.25, -0.2) is 0 Å². The normalized spacial score (nSPS) is 12.9. The van der Waals surface area contributed by atoms with Crippen LogP contribution in [-0.4, -0.2) is 19.1 Å². The molecule has 3 rings (SSSR count). The van der Waals surface area contributed by atoms with Crippen LogP contribution in [0.3, 0.4) is 0 Å². The number of ether oxygens (including phenoxy) is 2. The highest BCUT2D eigenvalue weighted by Crippen LogP contribution is 2.37. The molecule has 0 aromatic heterocycles. The predicted octanol–water partition coefficient (Wildman–Crippen LogP) is 3.63. The molecule has 0 saturated carbocycles. The van der Waals surface area contributed by atoms with Crippen molar-refractivity contribution in [1.82, 2.24) is 0 Å². The maximum atomic E-state index is 12.3. The summed E-state index contributed by atoms with van der Waals surface area (Å²) in [6.45, 7) is 1.12. The van der Waals surface area contributed by atoms with Gasteiger partial charge in [0.15, 0.2) is 11.5 Å². The number of hydrogen-bond donors (Lipinski definition) is 1. The number of rotatable bonds is 2. The van der Waals surface area contributed by atoms with E-state index in [0.29, 0.717) is 46.5 Å². The maximum Gasteiger partial charge on any atom is 0.255 e. The van der Waals surface area contributed by atoms with E-state index in [2.05, 4.69) is 5.32 Å². The molecule has 1 aliphatic heterocycles. The van der Waals surface area contributed by atoms with E-state index >= 15 is 0 Å². The van der Waals surface area contributed by atoms with Crippen molar-refractivity contribution in [3.63, 3.8) is 0 Å². The Balaban J connectivity index is 1.83. The Labute approximate surface area is 138 Å². The summed E-state index contributed by atoms with van der Waals surface area (Å²) in [5, 5.41) is 11.9. The number of halogens is 1. The molecule has 0 aliphatic carbocycles. The first-order valence-corrected chi connectivity index (χ1v) is 7.46. The van der Waals surface area contributed by atoms with E-state index in [0.717, 1.165) is 6.42 Å². The third kappa shape index (κ3) is 3.38. The maximum absolute atomic E-state index is 12.3. The van der Waals surface area contributed by atoms with Gasteiger partial charge in [0.1, 0.15) is 0 Å². The van der Waals surface area contributed by atoms with E-state index in [1.54, 1.807) is 36.4 Å². The first-order chi connectivity index (χ1) is 11.2. The Bertz CT molecular complexity index is 782. The van der Waals surface area contributed by atoms with Crippen LogP contribution in [0.4, 0.5) is 5.69 Å². The molecule has 0 atom stereocenters. The zero-order valence-electron chi connectivity index (χ0n) is 12.1. The summed E-state index contributed by atoms with van der Waals surface area (Å²) in [5.41, 5.74) is 1.38. The summed E-state index contributed by atoms with van der Waals surface area (Å²) in [6, 6.07) is 11.7. The smallest absolute Gasteiger partial charge is 0.255 e. The highest BCUT2D eigenvalue weighted by Gasteiger charge is 2.16. The average Bonchev–Trinajstić information content (AvgIpc) is 2.80. The van der Waals surface area contributed by atoms with Crippen molar-refractivity contribution in [2.45, 2.75) is 6.42 Å². The van der Waals surface area contributed by atoms with Crippen LogP contribution in [0, 0.1) is 11.3 Å². The van der Waals surface area contributed by atoms with Crippen LogP contribution >= 0.6 is 11.6 Å². The molecule has 1 N–H and O–H groups in total. The van der Waals surface area contributed by atoms with Crippen LogP contribution in [0.5, 0.6) is 11.5 Å². The first-order valence-electron chi connectivity index (χ1n) is 7.08. The molecular weight excluding hydrogens is 316 g/mol. The van der Waals surface area contributed by atoms with E-state index < -0.39 is 0 Å². The molecule has 1 aliphatic rings. The molecule has 0 bridgehead atoms. The van der Waals surface area contributed by atoms with Gasteiger partial charge < -0.3 is 14.8 Å². The number of hydrogen-bond acceptors (Lipinski definition) is 4. The molecule has 23 heavy (non-hydrogen) atoms. The van der Waals surface area contributed by atoms with Gasteiger partial charge in [-0.1, -0.05) is 11.6 Å². The number of nitrogens with zero attached hydrogens (tertiary/aromatic N) is 1. The summed E-state index contributed by atoms with van der Waals surface area (Å²) >= 11 is 6.20. The predicted molar refractivity (Wildman–Crippen MR) is 86.2 cm³/mol. The van der Waals surface area contributed by atoms with Crippen molar-refractivity contribution in [3.8, 4) is 17.6 Å². The number of carbonyl (C=O) groups is 1. The summed E-state index contributed by atoms with van der Waals surface area (Å²) in [5.74, 6) is 0.816. The zero-order chi connectivity index (χ0) is 16.2. The van der Waals surface area contributed by atoms with Gasteiger partial charge in [0, 0.05) is 24.1 Å². The minimum atomic E-state index is -0.314. The van der Waals surface area contributed by atoms with Crippen molar-refractivity contribution in [2.75, 3.05) is 18.5 Å². The minimum Gasteiger partial charge on any atom is -0.490 e. The second-order valence-electron chi connectivity index (χ2n) is 4.97. The fraction of sp³-hybridized carbons (Fsp3) is 0.176. The summed E-state index contributed by atoms with van der Waals surface area (Å²) in [6.07, 6.45) is 0.791.